The van der Waals surface area contributed by atoms with Gasteiger partial charge in [0.05, 0.1) is 6.26 Å². The van der Waals surface area contributed by atoms with Crippen molar-refractivity contribution in [2.45, 2.75) is 12.5 Å². The highest BCUT2D eigenvalue weighted by Crippen LogP contribution is 2.11. The molecule has 0 bridgehead atoms. The molecule has 0 aromatic rings. The van der Waals surface area contributed by atoms with Crippen LogP contribution in [0.4, 0.5) is 0 Å². The maximum Gasteiger partial charge on any atom is 0.211 e. The van der Waals surface area contributed by atoms with Crippen LogP contribution in [0.1, 0.15) is 6.42 Å². The van der Waals surface area contributed by atoms with Crippen LogP contribution in [0.2, 0.25) is 0 Å². The second-order valence-corrected chi connectivity index (χ2v) is 4.88. The van der Waals surface area contributed by atoms with Gasteiger partial charge in [0.25, 0.3) is 0 Å². The number of nitrogens with zero attached hydrogens (tertiary/aromatic N) is 1. The molecular weight excluding hydrogens is 200 g/mol. The van der Waals surface area contributed by atoms with E-state index >= 15 is 0 Å². The molecule has 1 aliphatic heterocycles. The zero-order valence-corrected chi connectivity index (χ0v) is 8.91. The lowest BCUT2D eigenvalue weighted by Crippen LogP contribution is -2.32. The fourth-order valence-electron chi connectivity index (χ4n) is 1.27. The summed E-state index contributed by atoms with van der Waals surface area (Å²) in [7, 11) is -1.09. The van der Waals surface area contributed by atoms with Crippen LogP contribution in [0, 0.1) is 0 Å². The van der Waals surface area contributed by atoms with Crippen molar-refractivity contribution in [3.05, 3.63) is 0 Å². The van der Waals surface area contributed by atoms with Gasteiger partial charge in [0.2, 0.25) is 10.0 Å². The third-order valence-corrected chi connectivity index (χ3v) is 3.30. The SMILES string of the molecule is CNC1CCN(S(C)(=O)=O)C1.Cl. The summed E-state index contributed by atoms with van der Waals surface area (Å²) in [4.78, 5) is 0. The van der Waals surface area contributed by atoms with Crippen LogP contribution in [0.3, 0.4) is 0 Å². The molecule has 0 spiro atoms. The molecule has 0 aromatic carbocycles. The Bertz CT molecular complexity index is 230. The normalized spacial score (nSPS) is 25.3. The summed E-state index contributed by atoms with van der Waals surface area (Å²) in [6.45, 7) is 1.28. The van der Waals surface area contributed by atoms with Crippen LogP contribution in [0.15, 0.2) is 0 Å². The molecular formula is C6H15ClN2O2S. The van der Waals surface area contributed by atoms with E-state index in [1.165, 1.54) is 10.6 Å². The lowest BCUT2D eigenvalue weighted by atomic mass is 10.3. The van der Waals surface area contributed by atoms with E-state index in [1.54, 1.807) is 0 Å². The number of nitrogens with one attached hydrogen (secondary N) is 1. The van der Waals surface area contributed by atoms with Gasteiger partial charge < -0.3 is 5.32 Å². The van der Waals surface area contributed by atoms with E-state index in [1.807, 2.05) is 7.05 Å². The van der Waals surface area contributed by atoms with Crippen molar-refractivity contribution in [1.82, 2.24) is 9.62 Å². The van der Waals surface area contributed by atoms with Gasteiger partial charge in [-0.15, -0.1) is 12.4 Å². The maximum atomic E-state index is 11.0. The Morgan fingerprint density at radius 2 is 2.08 bits per heavy atom. The highest BCUT2D eigenvalue weighted by molar-refractivity contribution is 7.88. The number of halogens is 1. The number of hydrogen-bond donors (Lipinski definition) is 1. The molecule has 1 N–H and O–H groups in total. The molecule has 0 radical (unpaired) electrons. The van der Waals surface area contributed by atoms with Gasteiger partial charge in [0, 0.05) is 19.1 Å². The smallest absolute Gasteiger partial charge is 0.211 e. The maximum absolute atomic E-state index is 11.0. The van der Waals surface area contributed by atoms with Crippen LogP contribution in [0.5, 0.6) is 0 Å². The Morgan fingerprint density at radius 3 is 2.33 bits per heavy atom. The average Bonchev–Trinajstić information content (AvgIpc) is 2.32. The second-order valence-electron chi connectivity index (χ2n) is 2.90. The average molecular weight is 215 g/mol. The van der Waals surface area contributed by atoms with E-state index in [0.717, 1.165) is 6.42 Å². The Labute approximate surface area is 79.8 Å². The summed E-state index contributed by atoms with van der Waals surface area (Å²) in [6, 6.07) is 0.338. The van der Waals surface area contributed by atoms with Crippen LogP contribution >= 0.6 is 12.4 Å². The Morgan fingerprint density at radius 1 is 1.50 bits per heavy atom. The second kappa shape index (κ2) is 4.41. The summed E-state index contributed by atoms with van der Waals surface area (Å²) in [5.41, 5.74) is 0. The first-order valence-corrected chi connectivity index (χ1v) is 5.51. The molecule has 1 saturated heterocycles. The van der Waals surface area contributed by atoms with Crippen molar-refractivity contribution < 1.29 is 8.42 Å². The molecule has 1 fully saturated rings. The highest BCUT2D eigenvalue weighted by atomic mass is 35.5. The highest BCUT2D eigenvalue weighted by Gasteiger charge is 2.26. The van der Waals surface area contributed by atoms with Crippen molar-refractivity contribution in [3.8, 4) is 0 Å². The van der Waals surface area contributed by atoms with Gasteiger partial charge in [-0.2, -0.15) is 0 Å². The van der Waals surface area contributed by atoms with Crippen LogP contribution in [0.25, 0.3) is 0 Å². The topological polar surface area (TPSA) is 49.4 Å². The molecule has 6 heteroatoms. The van der Waals surface area contributed by atoms with Crippen LogP contribution in [-0.4, -0.2) is 45.2 Å². The molecule has 0 aromatic heterocycles. The number of likely N-dealkylation sites (N-methyl/N-ethyl adjacent to an activating group) is 1. The van der Waals surface area contributed by atoms with E-state index < -0.39 is 10.0 Å². The first-order chi connectivity index (χ1) is 5.04. The van der Waals surface area contributed by atoms with Crippen molar-refractivity contribution >= 4 is 22.4 Å². The molecule has 0 amide bonds. The minimum atomic E-state index is -2.95. The molecule has 12 heavy (non-hydrogen) atoms. The van der Waals surface area contributed by atoms with Crippen molar-refractivity contribution in [2.24, 2.45) is 0 Å². The summed E-state index contributed by atoms with van der Waals surface area (Å²) >= 11 is 0. The molecule has 1 atom stereocenters. The van der Waals surface area contributed by atoms with E-state index in [-0.39, 0.29) is 12.4 Å². The van der Waals surface area contributed by atoms with Gasteiger partial charge in [0.1, 0.15) is 0 Å². The Kier molecular flexibility index (Phi) is 4.47. The van der Waals surface area contributed by atoms with Crippen LogP contribution in [-0.2, 0) is 10.0 Å². The number of rotatable bonds is 2. The fraction of sp³-hybridized carbons (Fsp3) is 1.00. The van der Waals surface area contributed by atoms with Crippen molar-refractivity contribution in [1.29, 1.82) is 0 Å². The number of sulfonamides is 1. The van der Waals surface area contributed by atoms with E-state index in [2.05, 4.69) is 5.32 Å². The Hall–Kier alpha value is 0.160. The molecule has 0 saturated carbocycles. The van der Waals surface area contributed by atoms with Gasteiger partial charge in [0.15, 0.2) is 0 Å². The number of hydrogen-bond acceptors (Lipinski definition) is 3. The Balaban J connectivity index is 0.00000121. The molecule has 1 heterocycles. The largest absolute Gasteiger partial charge is 0.316 e. The van der Waals surface area contributed by atoms with Crippen LogP contribution < -0.4 is 5.32 Å². The zero-order chi connectivity index (χ0) is 8.48. The van der Waals surface area contributed by atoms with Gasteiger partial charge >= 0.3 is 0 Å². The summed E-state index contributed by atoms with van der Waals surface area (Å²) in [6.07, 6.45) is 2.18. The monoisotopic (exact) mass is 214 g/mol. The fourth-order valence-corrected chi connectivity index (χ4v) is 2.15. The quantitative estimate of drug-likeness (QED) is 0.685. The van der Waals surface area contributed by atoms with E-state index in [0.29, 0.717) is 19.1 Å². The predicted molar refractivity (Wildman–Crippen MR) is 51.1 cm³/mol. The summed E-state index contributed by atoms with van der Waals surface area (Å²) < 4.78 is 23.5. The zero-order valence-electron chi connectivity index (χ0n) is 7.28. The first kappa shape index (κ1) is 12.2. The van der Waals surface area contributed by atoms with E-state index in [9.17, 15) is 8.42 Å². The summed E-state index contributed by atoms with van der Waals surface area (Å²) in [5, 5.41) is 3.06. The first-order valence-electron chi connectivity index (χ1n) is 3.66. The standard InChI is InChI=1S/C6H14N2O2S.ClH/c1-7-6-3-4-8(5-6)11(2,9)10;/h6-7H,3-5H2,1-2H3;1H. The van der Waals surface area contributed by atoms with E-state index in [4.69, 9.17) is 0 Å². The summed E-state index contributed by atoms with van der Waals surface area (Å²) in [5.74, 6) is 0. The predicted octanol–water partition coefficient (Wildman–Crippen LogP) is -0.338. The molecule has 4 nitrogen and oxygen atoms in total. The molecule has 74 valence electrons. The molecule has 1 unspecified atom stereocenters. The lowest BCUT2D eigenvalue weighted by molar-refractivity contribution is 0.469. The van der Waals surface area contributed by atoms with Crippen molar-refractivity contribution in [3.63, 3.8) is 0 Å². The third kappa shape index (κ3) is 2.90. The van der Waals surface area contributed by atoms with Crippen molar-refractivity contribution in [2.75, 3.05) is 26.4 Å². The molecule has 1 rings (SSSR count). The molecule has 1 aliphatic rings. The lowest BCUT2D eigenvalue weighted by Gasteiger charge is -2.12. The van der Waals surface area contributed by atoms with Gasteiger partial charge in [-0.05, 0) is 13.5 Å². The minimum Gasteiger partial charge on any atom is -0.316 e. The molecule has 0 aliphatic carbocycles. The van der Waals surface area contributed by atoms with Gasteiger partial charge in [-0.25, -0.2) is 12.7 Å². The van der Waals surface area contributed by atoms with Gasteiger partial charge in [-0.3, -0.25) is 0 Å². The minimum absolute atomic E-state index is 0. The van der Waals surface area contributed by atoms with Gasteiger partial charge in [-0.1, -0.05) is 0 Å². The third-order valence-electron chi connectivity index (χ3n) is 2.03.